The van der Waals surface area contributed by atoms with Crippen molar-refractivity contribution in [2.24, 2.45) is 5.92 Å². The third-order valence-electron chi connectivity index (χ3n) is 3.79. The Morgan fingerprint density at radius 1 is 1.53 bits per heavy atom. The highest BCUT2D eigenvalue weighted by atomic mass is 15.2. The molecule has 1 aliphatic rings. The van der Waals surface area contributed by atoms with Crippen molar-refractivity contribution in [3.8, 4) is 0 Å². The van der Waals surface area contributed by atoms with Crippen LogP contribution in [-0.4, -0.2) is 15.6 Å². The number of nitrogens with zero attached hydrogens (tertiary/aromatic N) is 2. The molecule has 0 radical (unpaired) electrons. The van der Waals surface area contributed by atoms with Crippen LogP contribution in [0.3, 0.4) is 0 Å². The Morgan fingerprint density at radius 2 is 2.35 bits per heavy atom. The van der Waals surface area contributed by atoms with Crippen LogP contribution in [0.4, 0.5) is 5.95 Å². The molecule has 2 unspecified atom stereocenters. The summed E-state index contributed by atoms with van der Waals surface area (Å²) in [6.07, 6.45) is 12.4. The summed E-state index contributed by atoms with van der Waals surface area (Å²) in [6.45, 7) is 6.90. The number of nitrogens with one attached hydrogen (secondary N) is 1. The molecule has 0 aromatic carbocycles. The molecule has 2 atom stereocenters. The predicted molar refractivity (Wildman–Crippen MR) is 72.1 cm³/mol. The lowest BCUT2D eigenvalue weighted by Crippen LogP contribution is -2.32. The van der Waals surface area contributed by atoms with E-state index in [0.717, 1.165) is 18.4 Å². The summed E-state index contributed by atoms with van der Waals surface area (Å²) < 4.78 is 2.12. The molecule has 0 spiro atoms. The molecule has 0 saturated heterocycles. The Morgan fingerprint density at radius 3 is 3.12 bits per heavy atom. The Hall–Kier alpha value is -1.25. The number of aromatic nitrogens is 2. The van der Waals surface area contributed by atoms with Gasteiger partial charge >= 0.3 is 0 Å². The Kier molecular flexibility index (Phi) is 4.24. The summed E-state index contributed by atoms with van der Waals surface area (Å²) in [5.41, 5.74) is 0. The van der Waals surface area contributed by atoms with Gasteiger partial charge in [-0.25, -0.2) is 4.98 Å². The molecule has 1 heterocycles. The number of hydrogen-bond donors (Lipinski definition) is 1. The SMILES string of the molecule is C=CCn1ccnc1NC1CCCCC1CC. The van der Waals surface area contributed by atoms with Crippen molar-refractivity contribution >= 4 is 5.95 Å². The van der Waals surface area contributed by atoms with Gasteiger partial charge < -0.3 is 9.88 Å². The molecule has 94 valence electrons. The molecule has 1 aliphatic carbocycles. The van der Waals surface area contributed by atoms with Crippen molar-refractivity contribution in [2.75, 3.05) is 5.32 Å². The molecule has 1 aromatic heterocycles. The molecule has 1 N–H and O–H groups in total. The van der Waals surface area contributed by atoms with E-state index in [1.165, 1.54) is 32.1 Å². The first-order valence-electron chi connectivity index (χ1n) is 6.73. The van der Waals surface area contributed by atoms with E-state index in [4.69, 9.17) is 0 Å². The highest BCUT2D eigenvalue weighted by Crippen LogP contribution is 2.28. The van der Waals surface area contributed by atoms with Crippen molar-refractivity contribution < 1.29 is 0 Å². The summed E-state index contributed by atoms with van der Waals surface area (Å²) in [4.78, 5) is 4.40. The first kappa shape index (κ1) is 12.2. The Bertz CT molecular complexity index is 356. The maximum Gasteiger partial charge on any atom is 0.203 e. The van der Waals surface area contributed by atoms with Crippen LogP contribution in [0.5, 0.6) is 0 Å². The quantitative estimate of drug-likeness (QED) is 0.789. The second-order valence-corrected chi connectivity index (χ2v) is 4.90. The number of rotatable bonds is 5. The normalized spacial score (nSPS) is 24.5. The second-order valence-electron chi connectivity index (χ2n) is 4.90. The number of anilines is 1. The molecule has 0 amide bonds. The smallest absolute Gasteiger partial charge is 0.203 e. The summed E-state index contributed by atoms with van der Waals surface area (Å²) in [5.74, 6) is 1.80. The van der Waals surface area contributed by atoms with Gasteiger partial charge in [-0.2, -0.15) is 0 Å². The number of allylic oxidation sites excluding steroid dienone is 1. The van der Waals surface area contributed by atoms with Gasteiger partial charge in [0.05, 0.1) is 0 Å². The molecular weight excluding hydrogens is 210 g/mol. The van der Waals surface area contributed by atoms with E-state index in [-0.39, 0.29) is 0 Å². The Labute approximate surface area is 104 Å². The monoisotopic (exact) mass is 233 g/mol. The van der Waals surface area contributed by atoms with E-state index in [2.05, 4.69) is 28.4 Å². The summed E-state index contributed by atoms with van der Waals surface area (Å²) in [6, 6.07) is 0.597. The average Bonchev–Trinajstić information content (AvgIpc) is 2.78. The van der Waals surface area contributed by atoms with Crippen LogP contribution in [0.1, 0.15) is 39.0 Å². The van der Waals surface area contributed by atoms with Crippen LogP contribution in [0.15, 0.2) is 25.0 Å². The van der Waals surface area contributed by atoms with E-state index in [0.29, 0.717) is 6.04 Å². The van der Waals surface area contributed by atoms with E-state index < -0.39 is 0 Å². The molecule has 2 rings (SSSR count). The zero-order valence-corrected chi connectivity index (χ0v) is 10.7. The highest BCUT2D eigenvalue weighted by molar-refractivity contribution is 5.28. The average molecular weight is 233 g/mol. The first-order valence-corrected chi connectivity index (χ1v) is 6.73. The fourth-order valence-corrected chi connectivity index (χ4v) is 2.79. The van der Waals surface area contributed by atoms with E-state index >= 15 is 0 Å². The van der Waals surface area contributed by atoms with Crippen LogP contribution < -0.4 is 5.32 Å². The van der Waals surface area contributed by atoms with Crippen LogP contribution in [-0.2, 0) is 6.54 Å². The van der Waals surface area contributed by atoms with E-state index in [1.54, 1.807) is 0 Å². The molecule has 3 heteroatoms. The van der Waals surface area contributed by atoms with Crippen molar-refractivity contribution in [1.82, 2.24) is 9.55 Å². The van der Waals surface area contributed by atoms with Gasteiger partial charge in [0.1, 0.15) is 0 Å². The Balaban J connectivity index is 2.02. The van der Waals surface area contributed by atoms with Gasteiger partial charge in [-0.05, 0) is 18.8 Å². The van der Waals surface area contributed by atoms with Crippen molar-refractivity contribution in [3.05, 3.63) is 25.0 Å². The second kappa shape index (κ2) is 5.89. The van der Waals surface area contributed by atoms with E-state index in [1.807, 2.05) is 18.5 Å². The standard InChI is InChI=1S/C14H23N3/c1-3-10-17-11-9-15-14(17)16-13-8-6-5-7-12(13)4-2/h3,9,11-13H,1,4-8,10H2,2H3,(H,15,16). The van der Waals surface area contributed by atoms with Crippen LogP contribution in [0.25, 0.3) is 0 Å². The lowest BCUT2D eigenvalue weighted by molar-refractivity contribution is 0.315. The zero-order chi connectivity index (χ0) is 12.1. The van der Waals surface area contributed by atoms with E-state index in [9.17, 15) is 0 Å². The minimum Gasteiger partial charge on any atom is -0.353 e. The van der Waals surface area contributed by atoms with Gasteiger partial charge in [0, 0.05) is 25.0 Å². The zero-order valence-electron chi connectivity index (χ0n) is 10.7. The molecule has 1 aromatic rings. The topological polar surface area (TPSA) is 29.9 Å². The van der Waals surface area contributed by atoms with Crippen LogP contribution in [0, 0.1) is 5.92 Å². The lowest BCUT2D eigenvalue weighted by atomic mass is 9.83. The van der Waals surface area contributed by atoms with Crippen molar-refractivity contribution in [1.29, 1.82) is 0 Å². The summed E-state index contributed by atoms with van der Waals surface area (Å²) >= 11 is 0. The molecule has 1 fully saturated rings. The van der Waals surface area contributed by atoms with Crippen molar-refractivity contribution in [3.63, 3.8) is 0 Å². The summed E-state index contributed by atoms with van der Waals surface area (Å²) in [5, 5.41) is 3.62. The fraction of sp³-hybridized carbons (Fsp3) is 0.643. The minimum atomic E-state index is 0.597. The molecular formula is C14H23N3. The molecule has 17 heavy (non-hydrogen) atoms. The maximum atomic E-state index is 4.40. The maximum absolute atomic E-state index is 4.40. The van der Waals surface area contributed by atoms with Crippen molar-refractivity contribution in [2.45, 2.75) is 51.6 Å². The fourth-order valence-electron chi connectivity index (χ4n) is 2.79. The van der Waals surface area contributed by atoms with Gasteiger partial charge in [-0.3, -0.25) is 0 Å². The number of imidazole rings is 1. The van der Waals surface area contributed by atoms with Gasteiger partial charge in [0.15, 0.2) is 0 Å². The van der Waals surface area contributed by atoms with Gasteiger partial charge in [-0.15, -0.1) is 6.58 Å². The molecule has 0 bridgehead atoms. The number of hydrogen-bond acceptors (Lipinski definition) is 2. The summed E-state index contributed by atoms with van der Waals surface area (Å²) in [7, 11) is 0. The lowest BCUT2D eigenvalue weighted by Gasteiger charge is -2.31. The van der Waals surface area contributed by atoms with Crippen LogP contribution >= 0.6 is 0 Å². The van der Waals surface area contributed by atoms with Crippen LogP contribution in [0.2, 0.25) is 0 Å². The van der Waals surface area contributed by atoms with Gasteiger partial charge in [0.2, 0.25) is 5.95 Å². The minimum absolute atomic E-state index is 0.597. The molecule has 0 aliphatic heterocycles. The van der Waals surface area contributed by atoms with Gasteiger partial charge in [0.25, 0.3) is 0 Å². The molecule has 3 nitrogen and oxygen atoms in total. The third-order valence-corrected chi connectivity index (χ3v) is 3.79. The highest BCUT2D eigenvalue weighted by Gasteiger charge is 2.24. The third kappa shape index (κ3) is 2.90. The predicted octanol–water partition coefficient (Wildman–Crippen LogP) is 3.45. The molecule has 1 saturated carbocycles. The largest absolute Gasteiger partial charge is 0.353 e. The van der Waals surface area contributed by atoms with Gasteiger partial charge in [-0.1, -0.05) is 32.3 Å². The first-order chi connectivity index (χ1) is 8.35.